The zero-order valence-electron chi connectivity index (χ0n) is 10.8. The van der Waals surface area contributed by atoms with E-state index in [1.807, 2.05) is 24.3 Å². The van der Waals surface area contributed by atoms with Crippen molar-refractivity contribution in [3.8, 4) is 0 Å². The first kappa shape index (κ1) is 13.3. The summed E-state index contributed by atoms with van der Waals surface area (Å²) in [4.78, 5) is 15.9. The highest BCUT2D eigenvalue weighted by Crippen LogP contribution is 2.13. The zero-order chi connectivity index (χ0) is 13.7. The van der Waals surface area contributed by atoms with Gasteiger partial charge in [0, 0.05) is 19.3 Å². The van der Waals surface area contributed by atoms with Crippen LogP contribution in [-0.4, -0.2) is 27.2 Å². The van der Waals surface area contributed by atoms with E-state index >= 15 is 0 Å². The van der Waals surface area contributed by atoms with Gasteiger partial charge in [0.1, 0.15) is 5.69 Å². The summed E-state index contributed by atoms with van der Waals surface area (Å²) in [6.07, 6.45) is 4.64. The Kier molecular flexibility index (Phi) is 4.30. The van der Waals surface area contributed by atoms with Gasteiger partial charge in [0.2, 0.25) is 0 Å². The van der Waals surface area contributed by atoms with Gasteiger partial charge in [-0.05, 0) is 30.5 Å². The molecule has 0 radical (unpaired) electrons. The number of nitrogens with zero attached hydrogens (tertiary/aromatic N) is 2. The van der Waals surface area contributed by atoms with Gasteiger partial charge in [-0.1, -0.05) is 12.1 Å². The Hall–Kier alpha value is -2.14. The monoisotopic (exact) mass is 259 g/mol. The van der Waals surface area contributed by atoms with E-state index in [1.165, 1.54) is 6.20 Å². The molecule has 0 saturated carbocycles. The van der Waals surface area contributed by atoms with Crippen LogP contribution in [0.2, 0.25) is 0 Å². The van der Waals surface area contributed by atoms with E-state index in [9.17, 15) is 4.79 Å². The Labute approximate surface area is 111 Å². The maximum absolute atomic E-state index is 12.0. The third-order valence-electron chi connectivity index (χ3n) is 2.86. The molecule has 2 N–H and O–H groups in total. The molecule has 2 aromatic rings. The number of imidazole rings is 1. The molecule has 5 nitrogen and oxygen atoms in total. The van der Waals surface area contributed by atoms with Gasteiger partial charge in [-0.25, -0.2) is 4.98 Å². The summed E-state index contributed by atoms with van der Waals surface area (Å²) >= 11 is 0. The molecule has 0 spiro atoms. The summed E-state index contributed by atoms with van der Waals surface area (Å²) in [5.74, 6) is -0.181. The molecule has 100 valence electrons. The van der Waals surface area contributed by atoms with Crippen LogP contribution >= 0.6 is 0 Å². The number of carbonyl (C=O) groups excluding carboxylic acids is 1. The molecule has 0 unspecified atom stereocenters. The van der Waals surface area contributed by atoms with E-state index in [4.69, 9.17) is 5.11 Å². The van der Waals surface area contributed by atoms with Gasteiger partial charge in [0.15, 0.2) is 0 Å². The Morgan fingerprint density at radius 2 is 2.32 bits per heavy atom. The zero-order valence-corrected chi connectivity index (χ0v) is 10.8. The number of aromatic nitrogens is 2. The summed E-state index contributed by atoms with van der Waals surface area (Å²) in [5, 5.41) is 11.7. The van der Waals surface area contributed by atoms with Crippen LogP contribution in [-0.2, 0) is 13.5 Å². The topological polar surface area (TPSA) is 67.2 Å². The fraction of sp³-hybridized carbons (Fsp3) is 0.286. The number of aliphatic hydroxyl groups is 1. The molecule has 0 atom stereocenters. The summed E-state index contributed by atoms with van der Waals surface area (Å²) in [5.41, 5.74) is 2.36. The van der Waals surface area contributed by atoms with Crippen molar-refractivity contribution in [2.24, 2.45) is 7.05 Å². The van der Waals surface area contributed by atoms with Crippen molar-refractivity contribution in [2.75, 3.05) is 11.9 Å². The van der Waals surface area contributed by atoms with Crippen LogP contribution in [0.5, 0.6) is 0 Å². The minimum Gasteiger partial charge on any atom is -0.396 e. The van der Waals surface area contributed by atoms with Crippen LogP contribution in [0.15, 0.2) is 36.8 Å². The van der Waals surface area contributed by atoms with Crippen LogP contribution in [0.4, 0.5) is 5.69 Å². The van der Waals surface area contributed by atoms with Gasteiger partial charge < -0.3 is 15.0 Å². The van der Waals surface area contributed by atoms with Crippen molar-refractivity contribution < 1.29 is 9.90 Å². The summed E-state index contributed by atoms with van der Waals surface area (Å²) < 4.78 is 1.67. The molecule has 0 bridgehead atoms. The molecule has 19 heavy (non-hydrogen) atoms. The van der Waals surface area contributed by atoms with Gasteiger partial charge in [-0.3, -0.25) is 4.79 Å². The van der Waals surface area contributed by atoms with Crippen molar-refractivity contribution in [3.05, 3.63) is 48.0 Å². The van der Waals surface area contributed by atoms with Crippen molar-refractivity contribution in [3.63, 3.8) is 0 Å². The molecular formula is C14H17N3O2. The first-order chi connectivity index (χ1) is 9.20. The van der Waals surface area contributed by atoms with Crippen molar-refractivity contribution in [2.45, 2.75) is 12.8 Å². The van der Waals surface area contributed by atoms with Crippen LogP contribution in [0, 0.1) is 0 Å². The second-order valence-corrected chi connectivity index (χ2v) is 4.37. The Morgan fingerprint density at radius 1 is 1.47 bits per heavy atom. The second-order valence-electron chi connectivity index (χ2n) is 4.37. The number of hydrogen-bond donors (Lipinski definition) is 2. The normalized spacial score (nSPS) is 10.4. The second kappa shape index (κ2) is 6.15. The van der Waals surface area contributed by atoms with Crippen LogP contribution in [0.25, 0.3) is 0 Å². The lowest BCUT2D eigenvalue weighted by atomic mass is 10.1. The first-order valence-corrected chi connectivity index (χ1v) is 6.18. The number of anilines is 1. The molecular weight excluding hydrogens is 242 g/mol. The van der Waals surface area contributed by atoms with Gasteiger partial charge in [0.25, 0.3) is 5.91 Å². The molecule has 0 aliphatic carbocycles. The van der Waals surface area contributed by atoms with Crippen LogP contribution in [0.3, 0.4) is 0 Å². The first-order valence-electron chi connectivity index (χ1n) is 6.18. The molecule has 1 amide bonds. The van der Waals surface area contributed by atoms with E-state index in [1.54, 1.807) is 17.9 Å². The molecule has 1 aromatic carbocycles. The highest BCUT2D eigenvalue weighted by atomic mass is 16.2. The summed E-state index contributed by atoms with van der Waals surface area (Å²) in [6.45, 7) is 0.172. The highest BCUT2D eigenvalue weighted by molar-refractivity contribution is 6.02. The Morgan fingerprint density at radius 3 is 3.00 bits per heavy atom. The maximum atomic E-state index is 12.0. The number of aliphatic hydroxyl groups excluding tert-OH is 1. The predicted octanol–water partition coefficient (Wildman–Crippen LogP) is 1.60. The van der Waals surface area contributed by atoms with Crippen molar-refractivity contribution in [1.82, 2.24) is 9.55 Å². The molecule has 1 heterocycles. The smallest absolute Gasteiger partial charge is 0.273 e. The molecule has 2 rings (SSSR count). The molecule has 0 aliphatic rings. The number of hydrogen-bond acceptors (Lipinski definition) is 3. The molecule has 5 heteroatoms. The predicted molar refractivity (Wildman–Crippen MR) is 73.0 cm³/mol. The highest BCUT2D eigenvalue weighted by Gasteiger charge is 2.09. The van der Waals surface area contributed by atoms with Crippen LogP contribution < -0.4 is 5.32 Å². The maximum Gasteiger partial charge on any atom is 0.273 e. The van der Waals surface area contributed by atoms with E-state index in [-0.39, 0.29) is 12.5 Å². The third-order valence-corrected chi connectivity index (χ3v) is 2.86. The number of benzene rings is 1. The standard InChI is InChI=1S/C14H17N3O2/c1-17-10-15-9-13(17)14(19)16-12-6-2-4-11(8-12)5-3-7-18/h2,4,6,8-10,18H,3,5,7H2,1H3,(H,16,19). The van der Waals surface area contributed by atoms with Crippen molar-refractivity contribution >= 4 is 11.6 Å². The third kappa shape index (κ3) is 3.42. The number of amides is 1. The Balaban J connectivity index is 2.07. The lowest BCUT2D eigenvalue weighted by Gasteiger charge is -2.07. The van der Waals surface area contributed by atoms with Gasteiger partial charge in [-0.2, -0.15) is 0 Å². The number of rotatable bonds is 5. The van der Waals surface area contributed by atoms with E-state index in [2.05, 4.69) is 10.3 Å². The Bertz CT molecular complexity index is 563. The number of carbonyl (C=O) groups is 1. The quantitative estimate of drug-likeness (QED) is 0.857. The van der Waals surface area contributed by atoms with E-state index in [0.717, 1.165) is 24.1 Å². The molecule has 1 aromatic heterocycles. The average Bonchev–Trinajstić information content (AvgIpc) is 2.83. The van der Waals surface area contributed by atoms with Gasteiger partial charge in [0.05, 0.1) is 12.5 Å². The van der Waals surface area contributed by atoms with Crippen LogP contribution in [0.1, 0.15) is 22.5 Å². The van der Waals surface area contributed by atoms with Gasteiger partial charge >= 0.3 is 0 Å². The van der Waals surface area contributed by atoms with E-state index in [0.29, 0.717) is 5.69 Å². The largest absolute Gasteiger partial charge is 0.396 e. The minimum absolute atomic E-state index is 0.172. The minimum atomic E-state index is -0.181. The molecule has 0 aliphatic heterocycles. The lowest BCUT2D eigenvalue weighted by molar-refractivity contribution is 0.101. The fourth-order valence-electron chi connectivity index (χ4n) is 1.86. The SMILES string of the molecule is Cn1cncc1C(=O)Nc1cccc(CCCO)c1. The number of aryl methyl sites for hydroxylation is 2. The van der Waals surface area contributed by atoms with E-state index < -0.39 is 0 Å². The summed E-state index contributed by atoms with van der Waals surface area (Å²) in [6, 6.07) is 7.64. The lowest BCUT2D eigenvalue weighted by Crippen LogP contribution is -2.15. The number of nitrogens with one attached hydrogen (secondary N) is 1. The average molecular weight is 259 g/mol. The summed E-state index contributed by atoms with van der Waals surface area (Å²) in [7, 11) is 1.78. The van der Waals surface area contributed by atoms with Crippen molar-refractivity contribution in [1.29, 1.82) is 0 Å². The van der Waals surface area contributed by atoms with Gasteiger partial charge in [-0.15, -0.1) is 0 Å². The fourth-order valence-corrected chi connectivity index (χ4v) is 1.86. The molecule has 0 fully saturated rings. The molecule has 0 saturated heterocycles.